The van der Waals surface area contributed by atoms with Crippen LogP contribution in [0.15, 0.2) is 0 Å². The molecule has 0 aromatic rings. The summed E-state index contributed by atoms with van der Waals surface area (Å²) >= 11 is 0. The number of carbonyl (C=O) groups is 2. The van der Waals surface area contributed by atoms with Gasteiger partial charge in [-0.25, -0.2) is 0 Å². The minimum absolute atomic E-state index is 0. The van der Waals surface area contributed by atoms with Crippen molar-refractivity contribution in [2.24, 2.45) is 17.6 Å². The predicted octanol–water partition coefficient (Wildman–Crippen LogP) is 0.178. The molecule has 0 aliphatic heterocycles. The Morgan fingerprint density at radius 3 is 2.50 bits per heavy atom. The third kappa shape index (κ3) is 4.14. The second-order valence-electron chi connectivity index (χ2n) is 5.09. The summed E-state index contributed by atoms with van der Waals surface area (Å²) in [7, 11) is 0. The van der Waals surface area contributed by atoms with Gasteiger partial charge in [0.15, 0.2) is 0 Å². The van der Waals surface area contributed by atoms with E-state index in [0.717, 1.165) is 32.1 Å². The van der Waals surface area contributed by atoms with Gasteiger partial charge in [-0.15, -0.1) is 12.4 Å². The number of nitrogens with two attached hydrogens (primary N) is 1. The van der Waals surface area contributed by atoms with Gasteiger partial charge in [0, 0.05) is 12.0 Å². The van der Waals surface area contributed by atoms with E-state index in [-0.39, 0.29) is 36.7 Å². The minimum Gasteiger partial charge on any atom is -0.352 e. The molecule has 0 unspecified atom stereocenters. The Balaban J connectivity index is 0.00000162. The Morgan fingerprint density at radius 1 is 1.17 bits per heavy atom. The normalized spacial score (nSPS) is 26.3. The number of hydrogen-bond donors (Lipinski definition) is 3. The fourth-order valence-electron chi connectivity index (χ4n) is 2.47. The van der Waals surface area contributed by atoms with Gasteiger partial charge in [-0.05, 0) is 38.1 Å². The maximum Gasteiger partial charge on any atom is 0.239 e. The molecule has 104 valence electrons. The van der Waals surface area contributed by atoms with Crippen LogP contribution in [0, 0.1) is 11.8 Å². The van der Waals surface area contributed by atoms with Crippen molar-refractivity contribution in [2.75, 3.05) is 13.1 Å². The van der Waals surface area contributed by atoms with Crippen molar-refractivity contribution >= 4 is 24.2 Å². The summed E-state index contributed by atoms with van der Waals surface area (Å²) in [4.78, 5) is 23.3. The molecule has 0 bridgehead atoms. The summed E-state index contributed by atoms with van der Waals surface area (Å²) in [6.07, 6.45) is 5.13. The molecule has 2 atom stereocenters. The Kier molecular flexibility index (Phi) is 5.88. The molecule has 2 rings (SSSR count). The quantitative estimate of drug-likeness (QED) is 0.669. The van der Waals surface area contributed by atoms with E-state index in [1.807, 2.05) is 0 Å². The Labute approximate surface area is 114 Å². The highest BCUT2D eigenvalue weighted by Crippen LogP contribution is 2.30. The van der Waals surface area contributed by atoms with Gasteiger partial charge in [0.1, 0.15) is 0 Å². The summed E-state index contributed by atoms with van der Waals surface area (Å²) in [5.41, 5.74) is 5.63. The lowest BCUT2D eigenvalue weighted by Gasteiger charge is -2.17. The number of rotatable bonds is 5. The van der Waals surface area contributed by atoms with Gasteiger partial charge in [0.25, 0.3) is 0 Å². The molecule has 5 nitrogen and oxygen atoms in total. The molecule has 2 fully saturated rings. The van der Waals surface area contributed by atoms with Crippen LogP contribution < -0.4 is 16.4 Å². The molecule has 0 heterocycles. The van der Waals surface area contributed by atoms with E-state index >= 15 is 0 Å². The molecule has 0 spiro atoms. The maximum atomic E-state index is 11.9. The first-order valence-corrected chi connectivity index (χ1v) is 6.48. The van der Waals surface area contributed by atoms with Crippen molar-refractivity contribution in [2.45, 2.75) is 38.1 Å². The smallest absolute Gasteiger partial charge is 0.239 e. The Bertz CT molecular complexity index is 308. The van der Waals surface area contributed by atoms with Crippen LogP contribution in [0.2, 0.25) is 0 Å². The van der Waals surface area contributed by atoms with Gasteiger partial charge in [0.2, 0.25) is 11.8 Å². The van der Waals surface area contributed by atoms with Crippen molar-refractivity contribution in [3.05, 3.63) is 0 Å². The van der Waals surface area contributed by atoms with E-state index in [2.05, 4.69) is 10.6 Å². The van der Waals surface area contributed by atoms with Crippen LogP contribution in [0.4, 0.5) is 0 Å². The van der Waals surface area contributed by atoms with E-state index < -0.39 is 0 Å². The monoisotopic (exact) mass is 275 g/mol. The van der Waals surface area contributed by atoms with Crippen LogP contribution in [0.5, 0.6) is 0 Å². The highest BCUT2D eigenvalue weighted by molar-refractivity contribution is 5.86. The van der Waals surface area contributed by atoms with Gasteiger partial charge in [-0.2, -0.15) is 0 Å². The van der Waals surface area contributed by atoms with E-state index in [0.29, 0.717) is 18.5 Å². The van der Waals surface area contributed by atoms with Crippen LogP contribution in [0.3, 0.4) is 0 Å². The molecular weight excluding hydrogens is 254 g/mol. The van der Waals surface area contributed by atoms with Gasteiger partial charge in [-0.3, -0.25) is 9.59 Å². The molecule has 2 saturated carbocycles. The summed E-state index contributed by atoms with van der Waals surface area (Å²) < 4.78 is 0. The average Bonchev–Trinajstić information content (AvgIpc) is 2.99. The molecule has 0 radical (unpaired) electrons. The van der Waals surface area contributed by atoms with Crippen molar-refractivity contribution < 1.29 is 9.59 Å². The molecule has 2 aliphatic rings. The number of nitrogens with one attached hydrogen (secondary N) is 2. The number of hydrogen-bond acceptors (Lipinski definition) is 3. The van der Waals surface area contributed by atoms with E-state index in [1.165, 1.54) is 0 Å². The molecule has 0 saturated heterocycles. The molecule has 6 heteroatoms. The van der Waals surface area contributed by atoms with E-state index in [1.54, 1.807) is 0 Å². The highest BCUT2D eigenvalue weighted by Gasteiger charge is 2.32. The number of amides is 2. The van der Waals surface area contributed by atoms with Crippen LogP contribution in [0.1, 0.15) is 32.1 Å². The van der Waals surface area contributed by atoms with Crippen molar-refractivity contribution in [1.29, 1.82) is 0 Å². The second-order valence-corrected chi connectivity index (χ2v) is 5.09. The number of carbonyl (C=O) groups excluding carboxylic acids is 2. The van der Waals surface area contributed by atoms with Crippen molar-refractivity contribution in [3.8, 4) is 0 Å². The summed E-state index contributed by atoms with van der Waals surface area (Å²) in [6.45, 7) is 0.662. The first-order valence-electron chi connectivity index (χ1n) is 6.48. The average molecular weight is 276 g/mol. The third-order valence-corrected chi connectivity index (χ3v) is 3.66. The largest absolute Gasteiger partial charge is 0.352 e. The summed E-state index contributed by atoms with van der Waals surface area (Å²) in [6, 6.07) is 0.350. The molecule has 2 aliphatic carbocycles. The van der Waals surface area contributed by atoms with Gasteiger partial charge in [0.05, 0.1) is 6.54 Å². The molecule has 18 heavy (non-hydrogen) atoms. The van der Waals surface area contributed by atoms with E-state index in [9.17, 15) is 9.59 Å². The third-order valence-electron chi connectivity index (χ3n) is 3.66. The topological polar surface area (TPSA) is 84.2 Å². The SMILES string of the molecule is Cl.NC[C@H]1CCC[C@H]1C(=O)NCC(=O)NC1CC1. The zero-order valence-electron chi connectivity index (χ0n) is 10.5. The second kappa shape index (κ2) is 6.95. The zero-order valence-corrected chi connectivity index (χ0v) is 11.3. The lowest BCUT2D eigenvalue weighted by atomic mass is 9.95. The number of halogens is 1. The van der Waals surface area contributed by atoms with Crippen LogP contribution in [0.25, 0.3) is 0 Å². The van der Waals surface area contributed by atoms with Gasteiger partial charge < -0.3 is 16.4 Å². The fourth-order valence-corrected chi connectivity index (χ4v) is 2.47. The molecule has 0 aromatic heterocycles. The zero-order chi connectivity index (χ0) is 12.3. The van der Waals surface area contributed by atoms with Gasteiger partial charge >= 0.3 is 0 Å². The van der Waals surface area contributed by atoms with Crippen molar-refractivity contribution in [3.63, 3.8) is 0 Å². The standard InChI is InChI=1S/C12H21N3O2.ClH/c13-6-8-2-1-3-10(8)12(17)14-7-11(16)15-9-4-5-9;/h8-10H,1-7,13H2,(H,14,17)(H,15,16);1H/t8-,10-;/m1./s1. The first-order chi connectivity index (χ1) is 8.20. The van der Waals surface area contributed by atoms with Crippen LogP contribution >= 0.6 is 12.4 Å². The minimum atomic E-state index is -0.0804. The van der Waals surface area contributed by atoms with Crippen LogP contribution in [-0.4, -0.2) is 30.9 Å². The van der Waals surface area contributed by atoms with Gasteiger partial charge in [-0.1, -0.05) is 6.42 Å². The summed E-state index contributed by atoms with van der Waals surface area (Å²) in [5.74, 6) is 0.210. The lowest BCUT2D eigenvalue weighted by molar-refractivity contribution is -0.129. The fraction of sp³-hybridized carbons (Fsp3) is 0.833. The Morgan fingerprint density at radius 2 is 1.89 bits per heavy atom. The Hall–Kier alpha value is -0.810. The van der Waals surface area contributed by atoms with Crippen LogP contribution in [-0.2, 0) is 9.59 Å². The highest BCUT2D eigenvalue weighted by atomic mass is 35.5. The lowest BCUT2D eigenvalue weighted by Crippen LogP contribution is -2.41. The molecule has 0 aromatic carbocycles. The predicted molar refractivity (Wildman–Crippen MR) is 71.3 cm³/mol. The van der Waals surface area contributed by atoms with E-state index in [4.69, 9.17) is 5.73 Å². The molecular formula is C12H22ClN3O2. The molecule has 2 amide bonds. The van der Waals surface area contributed by atoms with Crippen molar-refractivity contribution in [1.82, 2.24) is 10.6 Å². The summed E-state index contributed by atoms with van der Waals surface area (Å²) in [5, 5.41) is 5.56. The maximum absolute atomic E-state index is 11.9. The molecule has 4 N–H and O–H groups in total. The first kappa shape index (κ1) is 15.2.